The molecule has 186 valence electrons. The normalized spacial score (nSPS) is 14.7. The molecule has 0 aliphatic rings. The van der Waals surface area contributed by atoms with Crippen molar-refractivity contribution in [2.45, 2.75) is 23.7 Å². The Labute approximate surface area is 199 Å². The van der Waals surface area contributed by atoms with E-state index in [0.29, 0.717) is 16.2 Å². The predicted molar refractivity (Wildman–Crippen MR) is 124 cm³/mol. The van der Waals surface area contributed by atoms with Gasteiger partial charge in [0.25, 0.3) is 0 Å². The lowest BCUT2D eigenvalue weighted by molar-refractivity contribution is -0.381. The highest BCUT2D eigenvalue weighted by Crippen LogP contribution is 2.64. The molecule has 0 aromatic heterocycles. The van der Waals surface area contributed by atoms with Crippen LogP contribution in [0, 0.1) is 0 Å². The molecule has 0 amide bonds. The first-order valence-corrected chi connectivity index (χ1v) is 11.8. The Morgan fingerprint density at radius 1 is 0.444 bits per heavy atom. The average molecular weight is 528 g/mol. The fraction of sp³-hybridized carbons (Fsp3) is 0.154. The summed E-state index contributed by atoms with van der Waals surface area (Å²) in [6, 6.07) is 20.3. The Bertz CT molecular complexity index is 1500. The quantitative estimate of drug-likeness (QED) is 0.122. The Hall–Kier alpha value is -3.06. The monoisotopic (exact) mass is 528 g/mol. The van der Waals surface area contributed by atoms with Crippen molar-refractivity contribution in [3.05, 3.63) is 84.9 Å². The summed E-state index contributed by atoms with van der Waals surface area (Å²) < 4.78 is 126. The highest BCUT2D eigenvalue weighted by molar-refractivity contribution is 7.74. The summed E-state index contributed by atoms with van der Waals surface area (Å²) in [5.74, 6) is -13.7. The summed E-state index contributed by atoms with van der Waals surface area (Å²) in [6.45, 7) is 0. The largest absolute Gasteiger partial charge is 0.460 e. The van der Waals surface area contributed by atoms with Crippen molar-refractivity contribution in [2.24, 2.45) is 0 Å². The van der Waals surface area contributed by atoms with Gasteiger partial charge in [-0.1, -0.05) is 72.8 Å². The molecule has 5 aromatic rings. The summed E-state index contributed by atoms with van der Waals surface area (Å²) in [5, 5.41) is 2.94. The summed E-state index contributed by atoms with van der Waals surface area (Å²) >= 11 is 0. The summed E-state index contributed by atoms with van der Waals surface area (Å²) in [7, 11) is -3.71. The van der Waals surface area contributed by atoms with Crippen LogP contribution >= 0.6 is 7.92 Å². The van der Waals surface area contributed by atoms with E-state index in [2.05, 4.69) is 0 Å². The van der Waals surface area contributed by atoms with Crippen molar-refractivity contribution in [3.63, 3.8) is 0 Å². The maximum atomic E-state index is 15.4. The van der Waals surface area contributed by atoms with Crippen LogP contribution in [0.2, 0.25) is 0 Å². The van der Waals surface area contributed by atoms with Gasteiger partial charge in [-0.25, -0.2) is 0 Å². The van der Waals surface area contributed by atoms with Crippen molar-refractivity contribution >= 4 is 50.8 Å². The maximum absolute atomic E-state index is 15.4. The van der Waals surface area contributed by atoms with Gasteiger partial charge in [0.2, 0.25) is 0 Å². The average Bonchev–Trinajstić information content (AvgIpc) is 2.82. The number of hydrogen-bond donors (Lipinski definition) is 0. The Morgan fingerprint density at radius 3 is 1.42 bits per heavy atom. The minimum atomic E-state index is -6.96. The summed E-state index contributed by atoms with van der Waals surface area (Å²) in [6.07, 6.45) is -6.88. The molecule has 0 fully saturated rings. The Morgan fingerprint density at radius 2 is 0.917 bits per heavy atom. The van der Waals surface area contributed by atoms with E-state index in [1.54, 1.807) is 24.3 Å². The van der Waals surface area contributed by atoms with Crippen LogP contribution in [0.5, 0.6) is 0 Å². The van der Waals surface area contributed by atoms with Crippen LogP contribution in [0.15, 0.2) is 84.9 Å². The van der Waals surface area contributed by atoms with Crippen LogP contribution < -0.4 is 10.6 Å². The third-order valence-electron chi connectivity index (χ3n) is 6.13. The van der Waals surface area contributed by atoms with E-state index < -0.39 is 42.2 Å². The summed E-state index contributed by atoms with van der Waals surface area (Å²) in [5.41, 5.74) is -5.76. The molecular weight excluding hydrogens is 514 g/mol. The number of halogens is 9. The lowest BCUT2D eigenvalue weighted by atomic mass is 9.94. The molecule has 36 heavy (non-hydrogen) atoms. The van der Waals surface area contributed by atoms with E-state index in [1.165, 1.54) is 30.3 Å². The second-order valence-electron chi connectivity index (χ2n) is 8.34. The zero-order chi connectivity index (χ0) is 26.1. The number of benzene rings is 5. The Kier molecular flexibility index (Phi) is 5.45. The number of hydrogen-bond acceptors (Lipinski definition) is 0. The first-order chi connectivity index (χ1) is 16.8. The molecule has 0 nitrogen and oxygen atoms in total. The molecule has 0 aliphatic carbocycles. The fourth-order valence-electron chi connectivity index (χ4n) is 4.42. The van der Waals surface area contributed by atoms with Gasteiger partial charge < -0.3 is 0 Å². The van der Waals surface area contributed by atoms with E-state index in [4.69, 9.17) is 0 Å². The topological polar surface area (TPSA) is 0 Å². The molecular formula is C26H14F9P. The standard InChI is InChI=1S/C26H14F9P/c27-23(28,25(31,32)33)24(29,30)26(34,35)36(19-7-2-1-3-8-19)20-13-17-11-9-15-5-4-6-16-10-12-18(14-20)22(17)21(15)16/h1-14H. The van der Waals surface area contributed by atoms with Crippen LogP contribution in [-0.2, 0) is 0 Å². The molecule has 0 saturated carbocycles. The molecule has 0 N–H and O–H groups in total. The molecule has 0 bridgehead atoms. The molecule has 1 unspecified atom stereocenters. The second-order valence-corrected chi connectivity index (χ2v) is 10.6. The van der Waals surface area contributed by atoms with Crippen molar-refractivity contribution in [1.82, 2.24) is 0 Å². The minimum Gasteiger partial charge on any atom is -0.194 e. The molecule has 5 rings (SSSR count). The van der Waals surface area contributed by atoms with E-state index in [0.717, 1.165) is 28.3 Å². The molecule has 0 heterocycles. The van der Waals surface area contributed by atoms with Gasteiger partial charge in [-0.15, -0.1) is 0 Å². The van der Waals surface area contributed by atoms with Crippen molar-refractivity contribution in [1.29, 1.82) is 0 Å². The number of rotatable bonds is 5. The van der Waals surface area contributed by atoms with E-state index in [-0.39, 0.29) is 0 Å². The van der Waals surface area contributed by atoms with Crippen LogP contribution in [0.4, 0.5) is 39.5 Å². The van der Waals surface area contributed by atoms with Crippen LogP contribution in [0.1, 0.15) is 0 Å². The van der Waals surface area contributed by atoms with Gasteiger partial charge in [-0.3, -0.25) is 0 Å². The lowest BCUT2D eigenvalue weighted by Crippen LogP contribution is -2.61. The van der Waals surface area contributed by atoms with E-state index in [1.807, 2.05) is 18.2 Å². The Balaban J connectivity index is 1.79. The molecule has 1 atom stereocenters. The first-order valence-electron chi connectivity index (χ1n) is 10.5. The van der Waals surface area contributed by atoms with Gasteiger partial charge in [0.1, 0.15) is 0 Å². The fourth-order valence-corrected chi connectivity index (χ4v) is 6.80. The summed E-state index contributed by atoms with van der Waals surface area (Å²) in [4.78, 5) is 0. The minimum absolute atomic E-state index is 0.372. The van der Waals surface area contributed by atoms with Crippen molar-refractivity contribution in [3.8, 4) is 0 Å². The number of alkyl halides is 9. The third-order valence-corrected chi connectivity index (χ3v) is 8.56. The van der Waals surface area contributed by atoms with Gasteiger partial charge in [0.15, 0.2) is 0 Å². The molecule has 0 spiro atoms. The first kappa shape index (κ1) is 24.6. The molecule has 5 aromatic carbocycles. The highest BCUT2D eigenvalue weighted by atomic mass is 31.1. The predicted octanol–water partition coefficient (Wildman–Crippen LogP) is 8.44. The molecule has 10 heteroatoms. The second kappa shape index (κ2) is 7.97. The highest BCUT2D eigenvalue weighted by Gasteiger charge is 2.83. The smallest absolute Gasteiger partial charge is 0.194 e. The van der Waals surface area contributed by atoms with Crippen molar-refractivity contribution in [2.75, 3.05) is 0 Å². The molecule has 0 radical (unpaired) electrons. The van der Waals surface area contributed by atoms with Crippen LogP contribution in [-0.4, -0.2) is 23.7 Å². The maximum Gasteiger partial charge on any atom is 0.460 e. The zero-order valence-corrected chi connectivity index (χ0v) is 18.8. The van der Waals surface area contributed by atoms with Crippen LogP contribution in [0.25, 0.3) is 32.3 Å². The lowest BCUT2D eigenvalue weighted by Gasteiger charge is -2.38. The molecule has 0 saturated heterocycles. The van der Waals surface area contributed by atoms with Gasteiger partial charge in [-0.2, -0.15) is 39.5 Å². The van der Waals surface area contributed by atoms with Crippen molar-refractivity contribution < 1.29 is 39.5 Å². The SMILES string of the molecule is FC(F)(F)C(F)(F)C(F)(F)C(F)(F)P(c1ccccc1)c1cc2ccc3cccc4ccc(c1)c2c34. The van der Waals surface area contributed by atoms with Gasteiger partial charge in [0, 0.05) is 7.92 Å². The zero-order valence-electron chi connectivity index (χ0n) is 17.9. The van der Waals surface area contributed by atoms with Gasteiger partial charge >= 0.3 is 23.7 Å². The van der Waals surface area contributed by atoms with Gasteiger partial charge in [-0.05, 0) is 55.1 Å². The van der Waals surface area contributed by atoms with E-state index >= 15 is 8.78 Å². The van der Waals surface area contributed by atoms with E-state index in [9.17, 15) is 30.7 Å². The third kappa shape index (κ3) is 3.43. The van der Waals surface area contributed by atoms with Gasteiger partial charge in [0.05, 0.1) is 0 Å². The van der Waals surface area contributed by atoms with Crippen LogP contribution in [0.3, 0.4) is 0 Å². The molecule has 0 aliphatic heterocycles.